The van der Waals surface area contributed by atoms with Gasteiger partial charge in [0.05, 0.1) is 11.6 Å². The highest BCUT2D eigenvalue weighted by molar-refractivity contribution is 14.0. The number of guanidine groups is 1. The van der Waals surface area contributed by atoms with Crippen molar-refractivity contribution in [2.45, 2.75) is 52.9 Å². The quantitative estimate of drug-likeness (QED) is 0.322. The topological polar surface area (TPSA) is 78.9 Å². The van der Waals surface area contributed by atoms with Crippen LogP contribution in [0.2, 0.25) is 0 Å². The third-order valence-electron chi connectivity index (χ3n) is 3.93. The Hall–Kier alpha value is -1.88. The van der Waals surface area contributed by atoms with Gasteiger partial charge in [0.2, 0.25) is 0 Å². The lowest BCUT2D eigenvalue weighted by molar-refractivity contribution is 0.0285. The summed E-state index contributed by atoms with van der Waals surface area (Å²) in [5.41, 5.74) is 1.68. The number of aryl methyl sites for hydroxylation is 1. The fraction of sp³-hybridized carbons (Fsp3) is 0.476. The number of amides is 1. The number of nitrogens with zero attached hydrogens (tertiary/aromatic N) is 3. The molecular formula is C21H32IN5O2S. The minimum absolute atomic E-state index is 0. The average Bonchev–Trinajstić information content (AvgIpc) is 3.07. The Morgan fingerprint density at radius 3 is 2.30 bits per heavy atom. The van der Waals surface area contributed by atoms with Crippen LogP contribution < -0.4 is 10.6 Å². The molecule has 0 aliphatic rings. The zero-order valence-electron chi connectivity index (χ0n) is 18.5. The molecular weight excluding hydrogens is 513 g/mol. The third kappa shape index (κ3) is 9.29. The SMILES string of the molecule is CN=C(NCc1ccc(CN(C)C(=O)OC(C)(C)C)cc1)NCc1cnc(C)s1.I. The first-order valence-electron chi connectivity index (χ1n) is 9.54. The molecule has 2 rings (SSSR count). The maximum absolute atomic E-state index is 12.1. The number of nitrogens with one attached hydrogen (secondary N) is 2. The maximum atomic E-state index is 12.1. The number of rotatable bonds is 6. The van der Waals surface area contributed by atoms with E-state index >= 15 is 0 Å². The minimum atomic E-state index is -0.494. The molecule has 1 aromatic heterocycles. The number of carbonyl (C=O) groups is 1. The highest BCUT2D eigenvalue weighted by Gasteiger charge is 2.19. The van der Waals surface area contributed by atoms with Gasteiger partial charge in [-0.15, -0.1) is 35.3 Å². The monoisotopic (exact) mass is 545 g/mol. The van der Waals surface area contributed by atoms with E-state index in [0.29, 0.717) is 19.6 Å². The Morgan fingerprint density at radius 2 is 1.77 bits per heavy atom. The number of thiazole rings is 1. The molecule has 0 saturated heterocycles. The van der Waals surface area contributed by atoms with Crippen molar-refractivity contribution < 1.29 is 9.53 Å². The third-order valence-corrected chi connectivity index (χ3v) is 4.84. The normalized spacial score (nSPS) is 11.5. The number of benzene rings is 1. The molecule has 1 aromatic carbocycles. The van der Waals surface area contributed by atoms with Crippen molar-refractivity contribution in [3.05, 3.63) is 51.5 Å². The van der Waals surface area contributed by atoms with Crippen LogP contribution in [-0.4, -0.2) is 41.6 Å². The van der Waals surface area contributed by atoms with Crippen molar-refractivity contribution in [1.82, 2.24) is 20.5 Å². The number of hydrogen-bond donors (Lipinski definition) is 2. The van der Waals surface area contributed by atoms with Crippen LogP contribution in [0.15, 0.2) is 35.5 Å². The molecule has 2 aromatic rings. The van der Waals surface area contributed by atoms with Gasteiger partial charge in [0.1, 0.15) is 5.60 Å². The smallest absolute Gasteiger partial charge is 0.410 e. The van der Waals surface area contributed by atoms with Gasteiger partial charge in [0.15, 0.2) is 5.96 Å². The molecule has 7 nitrogen and oxygen atoms in total. The molecule has 0 aliphatic heterocycles. The standard InChI is InChI=1S/C21H31N5O2S.HI/c1-15-23-12-18(29-15)13-25-19(22-5)24-11-16-7-9-17(10-8-16)14-26(6)20(27)28-21(2,3)4;/h7-10,12H,11,13-14H2,1-6H3,(H2,22,24,25);1H. The van der Waals surface area contributed by atoms with Crippen LogP contribution in [0.4, 0.5) is 4.79 Å². The fourth-order valence-corrected chi connectivity index (χ4v) is 3.24. The van der Waals surface area contributed by atoms with E-state index < -0.39 is 5.60 Å². The first kappa shape index (κ1) is 26.2. The number of aliphatic imine (C=N–C) groups is 1. The first-order chi connectivity index (χ1) is 13.7. The van der Waals surface area contributed by atoms with Gasteiger partial charge in [-0.25, -0.2) is 9.78 Å². The maximum Gasteiger partial charge on any atom is 0.410 e. The predicted molar refractivity (Wildman–Crippen MR) is 133 cm³/mol. The second-order valence-corrected chi connectivity index (χ2v) is 9.10. The lowest BCUT2D eigenvalue weighted by Gasteiger charge is -2.24. The molecule has 2 N–H and O–H groups in total. The molecule has 30 heavy (non-hydrogen) atoms. The minimum Gasteiger partial charge on any atom is -0.444 e. The molecule has 1 amide bonds. The molecule has 0 aliphatic carbocycles. The number of aromatic nitrogens is 1. The molecule has 1 heterocycles. The second-order valence-electron chi connectivity index (χ2n) is 7.78. The number of carbonyl (C=O) groups excluding carboxylic acids is 1. The summed E-state index contributed by atoms with van der Waals surface area (Å²) in [5, 5.41) is 7.65. The van der Waals surface area contributed by atoms with E-state index in [-0.39, 0.29) is 30.1 Å². The Bertz CT molecular complexity index is 831. The number of halogens is 1. The van der Waals surface area contributed by atoms with E-state index in [0.717, 1.165) is 22.1 Å². The van der Waals surface area contributed by atoms with Crippen LogP contribution >= 0.6 is 35.3 Å². The van der Waals surface area contributed by atoms with Crippen molar-refractivity contribution in [2.24, 2.45) is 4.99 Å². The van der Waals surface area contributed by atoms with Gasteiger partial charge in [0.25, 0.3) is 0 Å². The van der Waals surface area contributed by atoms with E-state index in [9.17, 15) is 4.79 Å². The largest absolute Gasteiger partial charge is 0.444 e. The molecule has 0 atom stereocenters. The van der Waals surface area contributed by atoms with Crippen LogP contribution in [0.3, 0.4) is 0 Å². The molecule has 9 heteroatoms. The molecule has 0 saturated carbocycles. The lowest BCUT2D eigenvalue weighted by Crippen LogP contribution is -2.36. The molecule has 0 bridgehead atoms. The Balaban J connectivity index is 0.00000450. The number of ether oxygens (including phenoxy) is 1. The van der Waals surface area contributed by atoms with Crippen molar-refractivity contribution in [3.8, 4) is 0 Å². The lowest BCUT2D eigenvalue weighted by atomic mass is 10.1. The Morgan fingerprint density at radius 1 is 1.17 bits per heavy atom. The predicted octanol–water partition coefficient (Wildman–Crippen LogP) is 4.30. The van der Waals surface area contributed by atoms with Gasteiger partial charge in [-0.2, -0.15) is 0 Å². The Labute approximate surface area is 200 Å². The molecule has 0 radical (unpaired) electrons. The Kier molecular flexibility index (Phi) is 10.5. The van der Waals surface area contributed by atoms with Gasteiger partial charge in [-0.1, -0.05) is 24.3 Å². The van der Waals surface area contributed by atoms with Crippen LogP contribution in [0.5, 0.6) is 0 Å². The van der Waals surface area contributed by atoms with Crippen molar-refractivity contribution in [3.63, 3.8) is 0 Å². The van der Waals surface area contributed by atoms with E-state index in [2.05, 4.69) is 20.6 Å². The summed E-state index contributed by atoms with van der Waals surface area (Å²) < 4.78 is 5.38. The van der Waals surface area contributed by atoms with Crippen LogP contribution in [-0.2, 0) is 24.4 Å². The van der Waals surface area contributed by atoms with Crippen LogP contribution in [0.1, 0.15) is 41.8 Å². The number of hydrogen-bond acceptors (Lipinski definition) is 5. The zero-order chi connectivity index (χ0) is 21.4. The summed E-state index contributed by atoms with van der Waals surface area (Å²) >= 11 is 1.67. The fourth-order valence-electron chi connectivity index (χ4n) is 2.51. The van der Waals surface area contributed by atoms with Gasteiger partial charge in [-0.05, 0) is 38.8 Å². The highest BCUT2D eigenvalue weighted by atomic mass is 127. The van der Waals surface area contributed by atoms with Gasteiger partial charge >= 0.3 is 6.09 Å². The van der Waals surface area contributed by atoms with Crippen molar-refractivity contribution in [2.75, 3.05) is 14.1 Å². The van der Waals surface area contributed by atoms with Gasteiger partial charge < -0.3 is 20.3 Å². The zero-order valence-corrected chi connectivity index (χ0v) is 21.6. The molecule has 0 fully saturated rings. The van der Waals surface area contributed by atoms with E-state index in [1.165, 1.54) is 4.88 Å². The molecule has 0 unspecified atom stereocenters. The van der Waals surface area contributed by atoms with Crippen LogP contribution in [0, 0.1) is 6.92 Å². The summed E-state index contributed by atoms with van der Waals surface area (Å²) in [6.45, 7) is 9.44. The van der Waals surface area contributed by atoms with Crippen molar-refractivity contribution >= 4 is 47.4 Å². The van der Waals surface area contributed by atoms with E-state index in [1.807, 2.05) is 58.2 Å². The summed E-state index contributed by atoms with van der Waals surface area (Å²) in [6, 6.07) is 8.14. The molecule has 166 valence electrons. The molecule has 0 spiro atoms. The summed E-state index contributed by atoms with van der Waals surface area (Å²) in [6.07, 6.45) is 1.56. The average molecular weight is 545 g/mol. The first-order valence-corrected chi connectivity index (χ1v) is 10.4. The van der Waals surface area contributed by atoms with Gasteiger partial charge in [-0.3, -0.25) is 4.99 Å². The summed E-state index contributed by atoms with van der Waals surface area (Å²) in [5.74, 6) is 0.741. The van der Waals surface area contributed by atoms with Crippen LogP contribution in [0.25, 0.3) is 0 Å². The van der Waals surface area contributed by atoms with Gasteiger partial charge in [0, 0.05) is 38.3 Å². The van der Waals surface area contributed by atoms with E-state index in [4.69, 9.17) is 4.74 Å². The van der Waals surface area contributed by atoms with Crippen molar-refractivity contribution in [1.29, 1.82) is 0 Å². The second kappa shape index (κ2) is 12.1. The highest BCUT2D eigenvalue weighted by Crippen LogP contribution is 2.13. The summed E-state index contributed by atoms with van der Waals surface area (Å²) in [4.78, 5) is 23.3. The summed E-state index contributed by atoms with van der Waals surface area (Å²) in [7, 11) is 3.49. The van der Waals surface area contributed by atoms with E-state index in [1.54, 1.807) is 30.3 Å².